The highest BCUT2D eigenvalue weighted by molar-refractivity contribution is 7.10. The molecule has 0 radical (unpaired) electrons. The molecule has 0 aromatic carbocycles. The molecule has 2 rings (SSSR count). The van der Waals surface area contributed by atoms with Crippen molar-refractivity contribution >= 4 is 41.0 Å². The first-order valence-corrected chi connectivity index (χ1v) is 7.49. The van der Waals surface area contributed by atoms with E-state index in [1.807, 2.05) is 17.5 Å². The standard InChI is InChI=1S/C12H15N3OS2.ClH/c1-2-8(10-4-3-5-17-10)15-12(16)9-7-18-11(6-13)14-9;/h3-5,7-8H,2,6,13H2,1H3,(H,15,16);1H. The Balaban J connectivity index is 0.00000180. The monoisotopic (exact) mass is 317 g/mol. The number of hydrogen-bond donors (Lipinski definition) is 2. The first-order chi connectivity index (χ1) is 8.74. The van der Waals surface area contributed by atoms with Crippen molar-refractivity contribution in [2.75, 3.05) is 0 Å². The van der Waals surface area contributed by atoms with Crippen molar-refractivity contribution in [3.8, 4) is 0 Å². The van der Waals surface area contributed by atoms with Crippen LogP contribution in [-0.2, 0) is 6.54 Å². The molecule has 0 aliphatic heterocycles. The van der Waals surface area contributed by atoms with E-state index in [0.717, 1.165) is 11.4 Å². The van der Waals surface area contributed by atoms with Gasteiger partial charge in [-0.3, -0.25) is 4.79 Å². The number of halogens is 1. The molecule has 0 saturated heterocycles. The Kier molecular flexibility index (Phi) is 6.44. The molecule has 0 saturated carbocycles. The third-order valence-electron chi connectivity index (χ3n) is 2.56. The smallest absolute Gasteiger partial charge is 0.271 e. The number of thiazole rings is 1. The number of nitrogens with two attached hydrogens (primary N) is 1. The molecule has 1 amide bonds. The molecule has 4 nitrogen and oxygen atoms in total. The van der Waals surface area contributed by atoms with E-state index in [4.69, 9.17) is 5.73 Å². The van der Waals surface area contributed by atoms with E-state index in [1.54, 1.807) is 16.7 Å². The Bertz CT molecular complexity index is 513. The van der Waals surface area contributed by atoms with Gasteiger partial charge >= 0.3 is 0 Å². The number of nitrogens with one attached hydrogen (secondary N) is 1. The average molecular weight is 318 g/mol. The minimum Gasteiger partial charge on any atom is -0.343 e. The number of rotatable bonds is 5. The predicted molar refractivity (Wildman–Crippen MR) is 82.1 cm³/mol. The largest absolute Gasteiger partial charge is 0.343 e. The number of thiophene rings is 1. The second-order valence-corrected chi connectivity index (χ2v) is 5.70. The Morgan fingerprint density at radius 3 is 2.84 bits per heavy atom. The van der Waals surface area contributed by atoms with Crippen LogP contribution >= 0.6 is 35.1 Å². The van der Waals surface area contributed by atoms with Gasteiger partial charge in [0, 0.05) is 16.8 Å². The molecule has 0 aliphatic rings. The van der Waals surface area contributed by atoms with Gasteiger partial charge in [-0.2, -0.15) is 0 Å². The zero-order valence-electron chi connectivity index (χ0n) is 10.5. The van der Waals surface area contributed by atoms with Crippen LogP contribution < -0.4 is 11.1 Å². The summed E-state index contributed by atoms with van der Waals surface area (Å²) < 4.78 is 0. The summed E-state index contributed by atoms with van der Waals surface area (Å²) in [5.74, 6) is -0.133. The molecule has 0 fully saturated rings. The van der Waals surface area contributed by atoms with Gasteiger partial charge in [-0.05, 0) is 17.9 Å². The number of aromatic nitrogens is 1. The van der Waals surface area contributed by atoms with Gasteiger partial charge in [-0.1, -0.05) is 13.0 Å². The fourth-order valence-electron chi connectivity index (χ4n) is 1.61. The van der Waals surface area contributed by atoms with E-state index in [1.165, 1.54) is 16.2 Å². The molecule has 19 heavy (non-hydrogen) atoms. The molecule has 104 valence electrons. The van der Waals surface area contributed by atoms with E-state index in [2.05, 4.69) is 17.2 Å². The maximum absolute atomic E-state index is 12.0. The van der Waals surface area contributed by atoms with Crippen molar-refractivity contribution in [3.63, 3.8) is 0 Å². The number of carbonyl (C=O) groups excluding carboxylic acids is 1. The summed E-state index contributed by atoms with van der Waals surface area (Å²) in [7, 11) is 0. The second kappa shape index (κ2) is 7.59. The first kappa shape index (κ1) is 16.1. The maximum atomic E-state index is 12.0. The quantitative estimate of drug-likeness (QED) is 0.891. The van der Waals surface area contributed by atoms with E-state index in [-0.39, 0.29) is 24.4 Å². The number of amides is 1. The summed E-state index contributed by atoms with van der Waals surface area (Å²) >= 11 is 3.07. The normalized spacial score (nSPS) is 11.7. The molecule has 2 heterocycles. The Morgan fingerprint density at radius 1 is 1.53 bits per heavy atom. The highest BCUT2D eigenvalue weighted by atomic mass is 35.5. The van der Waals surface area contributed by atoms with Gasteiger partial charge in [-0.15, -0.1) is 35.1 Å². The Labute approximate surface area is 126 Å². The van der Waals surface area contributed by atoms with Crippen LogP contribution in [0.4, 0.5) is 0 Å². The molecule has 2 aromatic rings. The lowest BCUT2D eigenvalue weighted by Crippen LogP contribution is -2.27. The summed E-state index contributed by atoms with van der Waals surface area (Å²) in [5, 5.41) is 7.54. The van der Waals surface area contributed by atoms with Crippen LogP contribution in [0.5, 0.6) is 0 Å². The number of carbonyl (C=O) groups is 1. The van der Waals surface area contributed by atoms with Crippen molar-refractivity contribution in [1.29, 1.82) is 0 Å². The molecule has 1 atom stereocenters. The third-order valence-corrected chi connectivity index (χ3v) is 4.42. The SMILES string of the molecule is CCC(NC(=O)c1csc(CN)n1)c1cccs1.Cl. The summed E-state index contributed by atoms with van der Waals surface area (Å²) in [4.78, 5) is 17.4. The van der Waals surface area contributed by atoms with Crippen LogP contribution in [0.1, 0.15) is 39.8 Å². The second-order valence-electron chi connectivity index (χ2n) is 3.78. The van der Waals surface area contributed by atoms with Crippen LogP contribution in [-0.4, -0.2) is 10.9 Å². The maximum Gasteiger partial charge on any atom is 0.271 e. The molecule has 2 aromatic heterocycles. The van der Waals surface area contributed by atoms with Gasteiger partial charge in [0.15, 0.2) is 0 Å². The number of hydrogen-bond acceptors (Lipinski definition) is 5. The van der Waals surface area contributed by atoms with Crippen LogP contribution in [0.25, 0.3) is 0 Å². The Morgan fingerprint density at radius 2 is 2.32 bits per heavy atom. The van der Waals surface area contributed by atoms with Crippen molar-refractivity contribution in [2.24, 2.45) is 5.73 Å². The van der Waals surface area contributed by atoms with E-state index in [0.29, 0.717) is 12.2 Å². The minimum atomic E-state index is -0.133. The number of nitrogens with zero attached hydrogens (tertiary/aromatic N) is 1. The lowest BCUT2D eigenvalue weighted by Gasteiger charge is -2.14. The van der Waals surface area contributed by atoms with Crippen LogP contribution in [0.2, 0.25) is 0 Å². The molecule has 7 heteroatoms. The highest BCUT2D eigenvalue weighted by Crippen LogP contribution is 2.22. The molecule has 1 unspecified atom stereocenters. The van der Waals surface area contributed by atoms with Gasteiger partial charge < -0.3 is 11.1 Å². The predicted octanol–water partition coefficient (Wildman–Crippen LogP) is 2.97. The average Bonchev–Trinajstić information content (AvgIpc) is 3.05. The summed E-state index contributed by atoms with van der Waals surface area (Å²) in [6, 6.07) is 4.08. The van der Waals surface area contributed by atoms with Gasteiger partial charge in [0.25, 0.3) is 5.91 Å². The molecular weight excluding hydrogens is 302 g/mol. The van der Waals surface area contributed by atoms with Gasteiger partial charge in [-0.25, -0.2) is 4.98 Å². The van der Waals surface area contributed by atoms with Gasteiger partial charge in [0.05, 0.1) is 6.04 Å². The summed E-state index contributed by atoms with van der Waals surface area (Å²) in [5.41, 5.74) is 5.94. The van der Waals surface area contributed by atoms with Crippen LogP contribution in [0, 0.1) is 0 Å². The molecule has 0 spiro atoms. The van der Waals surface area contributed by atoms with Crippen LogP contribution in [0.15, 0.2) is 22.9 Å². The molecule has 0 bridgehead atoms. The van der Waals surface area contributed by atoms with E-state index in [9.17, 15) is 4.79 Å². The lowest BCUT2D eigenvalue weighted by molar-refractivity contribution is 0.0932. The minimum absolute atomic E-state index is 0. The zero-order valence-corrected chi connectivity index (χ0v) is 12.9. The molecule has 0 aliphatic carbocycles. The van der Waals surface area contributed by atoms with E-state index < -0.39 is 0 Å². The lowest BCUT2D eigenvalue weighted by atomic mass is 10.2. The van der Waals surface area contributed by atoms with Crippen molar-refractivity contribution in [3.05, 3.63) is 38.5 Å². The zero-order chi connectivity index (χ0) is 13.0. The Hall–Kier alpha value is -0.950. The molecular formula is C12H16ClN3OS2. The first-order valence-electron chi connectivity index (χ1n) is 5.73. The summed E-state index contributed by atoms with van der Waals surface area (Å²) in [6.45, 7) is 2.43. The van der Waals surface area contributed by atoms with Crippen molar-refractivity contribution in [2.45, 2.75) is 25.9 Å². The fraction of sp³-hybridized carbons (Fsp3) is 0.333. The summed E-state index contributed by atoms with van der Waals surface area (Å²) in [6.07, 6.45) is 0.861. The van der Waals surface area contributed by atoms with E-state index >= 15 is 0 Å². The van der Waals surface area contributed by atoms with Crippen molar-refractivity contribution in [1.82, 2.24) is 10.3 Å². The van der Waals surface area contributed by atoms with Gasteiger partial charge in [0.2, 0.25) is 0 Å². The highest BCUT2D eigenvalue weighted by Gasteiger charge is 2.16. The molecule has 3 N–H and O–H groups in total. The third kappa shape index (κ3) is 4.01. The fourth-order valence-corrected chi connectivity index (χ4v) is 3.12. The van der Waals surface area contributed by atoms with Crippen molar-refractivity contribution < 1.29 is 4.79 Å². The van der Waals surface area contributed by atoms with Gasteiger partial charge in [0.1, 0.15) is 10.7 Å². The topological polar surface area (TPSA) is 68.0 Å². The van der Waals surface area contributed by atoms with Crippen LogP contribution in [0.3, 0.4) is 0 Å².